The van der Waals surface area contributed by atoms with Crippen molar-refractivity contribution in [1.82, 2.24) is 14.2 Å². The highest BCUT2D eigenvalue weighted by Crippen LogP contribution is 2.39. The number of hydrogen-bond donors (Lipinski definition) is 2. The lowest BCUT2D eigenvalue weighted by atomic mass is 9.84. The molecule has 0 aliphatic heterocycles. The molecule has 0 unspecified atom stereocenters. The number of carbonyl (C=O) groups is 2. The number of hydrogen-bond acceptors (Lipinski definition) is 9. The monoisotopic (exact) mass is 764 g/mol. The quantitative estimate of drug-likeness (QED) is 0.141. The molecule has 1 heterocycles. The van der Waals surface area contributed by atoms with Crippen LogP contribution in [0.2, 0.25) is 0 Å². The first kappa shape index (κ1) is 39.3. The smallest absolute Gasteiger partial charge is 0.416 e. The summed E-state index contributed by atoms with van der Waals surface area (Å²) in [7, 11) is -3.58. The zero-order chi connectivity index (χ0) is 37.7. The molecule has 1 aromatic heterocycles. The molecule has 3 aromatic carbocycles. The molecular formula is C36H40F4N4O6S2. The van der Waals surface area contributed by atoms with Gasteiger partial charge in [-0.25, -0.2) is 40.7 Å². The summed E-state index contributed by atoms with van der Waals surface area (Å²) in [5.41, 5.74) is 9.72. The van der Waals surface area contributed by atoms with Crippen LogP contribution >= 0.6 is 11.3 Å². The van der Waals surface area contributed by atoms with Crippen molar-refractivity contribution in [3.05, 3.63) is 95.5 Å². The second-order valence-electron chi connectivity index (χ2n) is 12.9. The third-order valence-corrected chi connectivity index (χ3v) is 12.1. The number of imide groups is 1. The molecule has 1 saturated carbocycles. The van der Waals surface area contributed by atoms with Gasteiger partial charge in [-0.3, -0.25) is 4.79 Å². The molecular weight excluding hydrogens is 725 g/mol. The second-order valence-corrected chi connectivity index (χ2v) is 15.6. The molecule has 0 spiro atoms. The lowest BCUT2D eigenvalue weighted by Crippen LogP contribution is -2.54. The number of fused-ring (bicyclic) bond motifs is 1. The first-order valence-electron chi connectivity index (χ1n) is 16.7. The number of carbonyl (C=O) groups excluding carboxylic acids is 2. The van der Waals surface area contributed by atoms with E-state index in [0.29, 0.717) is 21.3 Å². The second kappa shape index (κ2) is 16.4. The Labute approximate surface area is 303 Å². The molecule has 1 aliphatic rings. The Balaban J connectivity index is 1.39. The van der Waals surface area contributed by atoms with Crippen LogP contribution in [0.3, 0.4) is 0 Å². The average Bonchev–Trinajstić information content (AvgIpc) is 3.61. The molecule has 280 valence electrons. The summed E-state index contributed by atoms with van der Waals surface area (Å²) in [4.78, 5) is 30.8. The van der Waals surface area contributed by atoms with E-state index in [2.05, 4.69) is 4.98 Å². The summed E-state index contributed by atoms with van der Waals surface area (Å²) in [5.74, 6) is -8.78. The molecule has 10 nitrogen and oxygen atoms in total. The van der Waals surface area contributed by atoms with Gasteiger partial charge in [-0.2, -0.15) is 4.31 Å². The number of benzene rings is 3. The van der Waals surface area contributed by atoms with Crippen molar-refractivity contribution in [2.45, 2.75) is 79.3 Å². The van der Waals surface area contributed by atoms with E-state index in [1.807, 2.05) is 0 Å². The first-order valence-corrected chi connectivity index (χ1v) is 19.0. The molecule has 0 radical (unpaired) electrons. The van der Waals surface area contributed by atoms with Crippen LogP contribution in [-0.2, 0) is 19.6 Å². The molecule has 5 rings (SSSR count). The summed E-state index contributed by atoms with van der Waals surface area (Å²) >= 11 is 1.18. The minimum Gasteiger partial charge on any atom is -0.452 e. The van der Waals surface area contributed by atoms with Crippen LogP contribution in [0.1, 0.15) is 55.6 Å². The third kappa shape index (κ3) is 8.97. The normalized spacial score (nSPS) is 16.6. The SMILES string of the molecule is COC(=O)N(CC(F)(F)CC[C@@H](CO)N(C1CCC(F)(F)CC1)S(=O)(=O)c1ccc2ncsc2c1)C(=O)[C@@H](N)C(c1ccccc1)c1ccccc1. The predicted molar refractivity (Wildman–Crippen MR) is 188 cm³/mol. The van der Waals surface area contributed by atoms with Crippen molar-refractivity contribution in [2.24, 2.45) is 5.73 Å². The zero-order valence-corrected chi connectivity index (χ0v) is 29.9. The number of sulfonamides is 1. The molecule has 1 aliphatic carbocycles. The molecule has 0 bridgehead atoms. The van der Waals surface area contributed by atoms with Gasteiger partial charge in [-0.05, 0) is 48.6 Å². The van der Waals surface area contributed by atoms with Crippen molar-refractivity contribution in [2.75, 3.05) is 20.3 Å². The van der Waals surface area contributed by atoms with E-state index in [1.165, 1.54) is 35.0 Å². The number of amides is 2. The van der Waals surface area contributed by atoms with Crippen LogP contribution in [-0.4, -0.2) is 89.9 Å². The molecule has 0 saturated heterocycles. The number of nitrogens with zero attached hydrogens (tertiary/aromatic N) is 3. The van der Waals surface area contributed by atoms with Crippen LogP contribution < -0.4 is 5.73 Å². The molecule has 4 aromatic rings. The Hall–Kier alpha value is -3.96. The highest BCUT2D eigenvalue weighted by Gasteiger charge is 2.46. The number of rotatable bonds is 14. The van der Waals surface area contributed by atoms with Crippen molar-refractivity contribution in [3.63, 3.8) is 0 Å². The van der Waals surface area contributed by atoms with Crippen LogP contribution in [0.4, 0.5) is 22.4 Å². The molecule has 16 heteroatoms. The van der Waals surface area contributed by atoms with E-state index in [4.69, 9.17) is 10.5 Å². The maximum Gasteiger partial charge on any atom is 0.416 e. The van der Waals surface area contributed by atoms with E-state index in [0.717, 1.165) is 11.4 Å². The third-order valence-electron chi connectivity index (χ3n) is 9.35. The van der Waals surface area contributed by atoms with Crippen molar-refractivity contribution in [1.29, 1.82) is 0 Å². The van der Waals surface area contributed by atoms with Gasteiger partial charge in [0.15, 0.2) is 0 Å². The van der Waals surface area contributed by atoms with E-state index >= 15 is 8.78 Å². The van der Waals surface area contributed by atoms with Gasteiger partial charge < -0.3 is 15.6 Å². The molecule has 1 fully saturated rings. The number of alkyl halides is 4. The van der Waals surface area contributed by atoms with E-state index in [9.17, 15) is 31.9 Å². The van der Waals surface area contributed by atoms with E-state index in [1.54, 1.807) is 60.7 Å². The fourth-order valence-corrected chi connectivity index (χ4v) is 9.38. The number of halogens is 4. The summed E-state index contributed by atoms with van der Waals surface area (Å²) < 4.78 is 94.6. The Morgan fingerprint density at radius 3 is 2.19 bits per heavy atom. The van der Waals surface area contributed by atoms with Gasteiger partial charge in [-0.15, -0.1) is 11.3 Å². The Kier molecular flexibility index (Phi) is 12.4. The number of aliphatic hydroxyl groups is 1. The Morgan fingerprint density at radius 2 is 1.63 bits per heavy atom. The van der Waals surface area contributed by atoms with Crippen LogP contribution in [0.15, 0.2) is 89.3 Å². The van der Waals surface area contributed by atoms with Gasteiger partial charge in [0.05, 0.1) is 46.9 Å². The number of aromatic nitrogens is 1. The Morgan fingerprint density at radius 1 is 1.04 bits per heavy atom. The fraction of sp³-hybridized carbons (Fsp3) is 0.417. The minimum atomic E-state index is -4.51. The summed E-state index contributed by atoms with van der Waals surface area (Å²) in [6.07, 6.45) is -4.83. The maximum atomic E-state index is 15.9. The number of thiazole rings is 1. The number of nitrogens with two attached hydrogens (primary N) is 1. The maximum absolute atomic E-state index is 15.9. The van der Waals surface area contributed by atoms with Crippen LogP contribution in [0, 0.1) is 0 Å². The predicted octanol–water partition coefficient (Wildman–Crippen LogP) is 6.40. The van der Waals surface area contributed by atoms with Crippen molar-refractivity contribution >= 4 is 43.6 Å². The standard InChI is InChI=1S/C36H40F4N4O6S2/c1-50-34(47)43(33(46)32(41)31(24-8-4-2-5-9-24)25-10-6-3-7-11-25)22-36(39,40)19-16-27(21-45)44(26-14-17-35(37,38)18-15-26)52(48,49)28-12-13-29-30(20-28)51-23-42-29/h2-13,20,23,26-27,31-32,45H,14-19,21-22,41H2,1H3/t27-,32-/m0/s1. The first-order chi connectivity index (χ1) is 24.7. The Bertz CT molecular complexity index is 1890. The summed E-state index contributed by atoms with van der Waals surface area (Å²) in [5, 5.41) is 10.5. The van der Waals surface area contributed by atoms with Gasteiger partial charge in [0.1, 0.15) is 0 Å². The van der Waals surface area contributed by atoms with Crippen LogP contribution in [0.5, 0.6) is 0 Å². The average molecular weight is 765 g/mol. The molecule has 2 amide bonds. The summed E-state index contributed by atoms with van der Waals surface area (Å²) in [6.45, 7) is -2.35. The minimum absolute atomic E-state index is 0.199. The van der Waals surface area contributed by atoms with E-state index < -0.39 is 96.7 Å². The molecule has 3 N–H and O–H groups in total. The van der Waals surface area contributed by atoms with Gasteiger partial charge >= 0.3 is 6.09 Å². The molecule has 2 atom stereocenters. The van der Waals surface area contributed by atoms with E-state index in [-0.39, 0.29) is 22.6 Å². The zero-order valence-electron chi connectivity index (χ0n) is 28.3. The topological polar surface area (TPSA) is 143 Å². The van der Waals surface area contributed by atoms with Gasteiger partial charge in [0.25, 0.3) is 5.92 Å². The van der Waals surface area contributed by atoms with Gasteiger partial charge in [0, 0.05) is 37.3 Å². The molecule has 52 heavy (non-hydrogen) atoms. The highest BCUT2D eigenvalue weighted by atomic mass is 32.2. The lowest BCUT2D eigenvalue weighted by molar-refractivity contribution is -0.136. The highest BCUT2D eigenvalue weighted by molar-refractivity contribution is 7.89. The van der Waals surface area contributed by atoms with Crippen LogP contribution in [0.25, 0.3) is 10.2 Å². The number of aliphatic hydroxyl groups excluding tert-OH is 1. The summed E-state index contributed by atoms with van der Waals surface area (Å²) in [6, 6.07) is 17.5. The van der Waals surface area contributed by atoms with Crippen molar-refractivity contribution < 1.29 is 45.4 Å². The van der Waals surface area contributed by atoms with Gasteiger partial charge in [0.2, 0.25) is 21.9 Å². The fourth-order valence-electron chi connectivity index (χ4n) is 6.67. The number of ether oxygens (including phenoxy) is 1. The largest absolute Gasteiger partial charge is 0.452 e. The van der Waals surface area contributed by atoms with Crippen molar-refractivity contribution in [3.8, 4) is 0 Å². The number of methoxy groups -OCH3 is 1. The lowest BCUT2D eigenvalue weighted by Gasteiger charge is -2.40. The van der Waals surface area contributed by atoms with Gasteiger partial charge in [-0.1, -0.05) is 60.7 Å².